The van der Waals surface area contributed by atoms with Crippen molar-refractivity contribution >= 4 is 5.97 Å². The van der Waals surface area contributed by atoms with Crippen molar-refractivity contribution < 1.29 is 19.2 Å². The van der Waals surface area contributed by atoms with Crippen LogP contribution in [0, 0.1) is 6.92 Å². The number of carboxylic acid groups (broad SMARTS) is 1. The molecular formula is C28H29N3O4. The minimum absolute atomic E-state index is 0.0230. The molecule has 0 aliphatic carbocycles. The molecule has 0 aliphatic heterocycles. The van der Waals surface area contributed by atoms with Gasteiger partial charge >= 0.3 is 5.97 Å². The molecule has 1 atom stereocenters. The molecule has 0 saturated carbocycles. The van der Waals surface area contributed by atoms with E-state index in [1.54, 1.807) is 19.1 Å². The normalized spacial score (nSPS) is 12.1. The number of nitrogens with zero attached hydrogens (tertiary/aromatic N) is 3. The first-order chi connectivity index (χ1) is 16.9. The maximum absolute atomic E-state index is 11.0. The van der Waals surface area contributed by atoms with Crippen LogP contribution < -0.4 is 0 Å². The summed E-state index contributed by atoms with van der Waals surface area (Å²) in [5.74, 6) is 0.0811. The van der Waals surface area contributed by atoms with Crippen LogP contribution in [0.3, 0.4) is 0 Å². The third-order valence-electron chi connectivity index (χ3n) is 6.21. The van der Waals surface area contributed by atoms with E-state index in [0.29, 0.717) is 18.3 Å². The van der Waals surface area contributed by atoms with Gasteiger partial charge in [0.2, 0.25) is 5.82 Å². The number of carboxylic acids is 1. The van der Waals surface area contributed by atoms with Gasteiger partial charge in [-0.15, -0.1) is 0 Å². The average Bonchev–Trinajstić information content (AvgIpc) is 3.34. The van der Waals surface area contributed by atoms with Crippen LogP contribution in [0.15, 0.2) is 71.3 Å². The van der Waals surface area contributed by atoms with Gasteiger partial charge in [0.15, 0.2) is 0 Å². The third-order valence-corrected chi connectivity index (χ3v) is 6.21. The molecular weight excluding hydrogens is 442 g/mol. The molecule has 0 spiro atoms. The van der Waals surface area contributed by atoms with Crippen molar-refractivity contribution in [3.8, 4) is 34.0 Å². The predicted octanol–water partition coefficient (Wildman–Crippen LogP) is 5.60. The molecule has 0 saturated heterocycles. The fourth-order valence-electron chi connectivity index (χ4n) is 4.11. The van der Waals surface area contributed by atoms with Gasteiger partial charge in [-0.2, -0.15) is 4.98 Å². The summed E-state index contributed by atoms with van der Waals surface area (Å²) in [6.45, 7) is 4.52. The van der Waals surface area contributed by atoms with E-state index in [-0.39, 0.29) is 12.6 Å². The summed E-state index contributed by atoms with van der Waals surface area (Å²) in [6, 6.07) is 22.1. The first-order valence-electron chi connectivity index (χ1n) is 11.4. The van der Waals surface area contributed by atoms with Crippen LogP contribution in [0.25, 0.3) is 34.0 Å². The molecule has 7 nitrogen and oxygen atoms in total. The summed E-state index contributed by atoms with van der Waals surface area (Å²) < 4.78 is 11.1. The molecule has 1 aromatic heterocycles. The largest absolute Gasteiger partial charge is 0.480 e. The Hall–Kier alpha value is -3.81. The number of rotatable bonds is 9. The van der Waals surface area contributed by atoms with Gasteiger partial charge in [-0.05, 0) is 60.8 Å². The van der Waals surface area contributed by atoms with E-state index in [1.165, 1.54) is 11.1 Å². The van der Waals surface area contributed by atoms with E-state index in [9.17, 15) is 4.79 Å². The fraction of sp³-hybridized carbons (Fsp3) is 0.250. The van der Waals surface area contributed by atoms with Crippen molar-refractivity contribution in [3.05, 3.63) is 83.4 Å². The second kappa shape index (κ2) is 10.6. The summed E-state index contributed by atoms with van der Waals surface area (Å²) in [7, 11) is 3.48. The van der Waals surface area contributed by atoms with Crippen LogP contribution in [0.4, 0.5) is 0 Å². The van der Waals surface area contributed by atoms with E-state index >= 15 is 0 Å². The quantitative estimate of drug-likeness (QED) is 0.340. The number of likely N-dealkylation sites (N-methyl/N-ethyl adjacent to an activating group) is 1. The Morgan fingerprint density at radius 3 is 2.46 bits per heavy atom. The van der Waals surface area contributed by atoms with Crippen LogP contribution in [0.2, 0.25) is 0 Å². The van der Waals surface area contributed by atoms with E-state index in [4.69, 9.17) is 14.4 Å². The molecule has 0 amide bonds. The molecule has 0 aliphatic rings. The summed E-state index contributed by atoms with van der Waals surface area (Å²) in [5.41, 5.74) is 7.19. The van der Waals surface area contributed by atoms with Gasteiger partial charge in [0.25, 0.3) is 5.89 Å². The molecule has 0 radical (unpaired) electrons. The lowest BCUT2D eigenvalue weighted by molar-refractivity contribution is -0.138. The lowest BCUT2D eigenvalue weighted by atomic mass is 9.94. The van der Waals surface area contributed by atoms with Gasteiger partial charge in [-0.1, -0.05) is 59.8 Å². The summed E-state index contributed by atoms with van der Waals surface area (Å²) in [6.07, 6.45) is 0. The SMILES string of the molecule is COCc1cc(-c2nc(-c3ccc([C@@H](C)N(C)CC(=O)O)cc3)no2)ccc1-c1ccccc1C. The van der Waals surface area contributed by atoms with E-state index in [2.05, 4.69) is 35.3 Å². The monoisotopic (exact) mass is 471 g/mol. The standard InChI is InChI=1S/C28H29N3O4/c1-18-7-5-6-8-24(18)25-14-13-22(15-23(25)17-34-4)28-29-27(30-35-28)21-11-9-20(10-12-21)19(2)31(3)16-26(32)33/h5-15,19H,16-17H2,1-4H3,(H,32,33)/t19-/m1/s1. The topological polar surface area (TPSA) is 88.7 Å². The summed E-state index contributed by atoms with van der Waals surface area (Å²) in [5, 5.41) is 13.2. The molecule has 4 aromatic rings. The molecule has 35 heavy (non-hydrogen) atoms. The van der Waals surface area contributed by atoms with Gasteiger partial charge in [-0.3, -0.25) is 9.69 Å². The Kier molecular flexibility index (Phi) is 7.39. The Morgan fingerprint density at radius 1 is 1.06 bits per heavy atom. The van der Waals surface area contributed by atoms with Gasteiger partial charge < -0.3 is 14.4 Å². The van der Waals surface area contributed by atoms with Crippen LogP contribution in [-0.4, -0.2) is 46.8 Å². The van der Waals surface area contributed by atoms with E-state index in [1.807, 2.05) is 55.5 Å². The number of hydrogen-bond acceptors (Lipinski definition) is 6. The molecule has 0 bridgehead atoms. The lowest BCUT2D eigenvalue weighted by Gasteiger charge is -2.23. The second-order valence-electron chi connectivity index (χ2n) is 8.65. The molecule has 1 N–H and O–H groups in total. The third kappa shape index (κ3) is 5.48. The zero-order valence-corrected chi connectivity index (χ0v) is 20.4. The zero-order valence-electron chi connectivity index (χ0n) is 20.4. The fourth-order valence-corrected chi connectivity index (χ4v) is 4.11. The number of methoxy groups -OCH3 is 1. The van der Waals surface area contributed by atoms with Crippen LogP contribution >= 0.6 is 0 Å². The number of benzene rings is 3. The summed E-state index contributed by atoms with van der Waals surface area (Å²) >= 11 is 0. The van der Waals surface area contributed by atoms with Crippen LogP contribution in [0.5, 0.6) is 0 Å². The molecule has 0 unspecified atom stereocenters. The minimum atomic E-state index is -0.851. The van der Waals surface area contributed by atoms with Crippen molar-refractivity contribution in [1.82, 2.24) is 15.0 Å². The molecule has 3 aromatic carbocycles. The highest BCUT2D eigenvalue weighted by molar-refractivity contribution is 5.74. The molecule has 0 fully saturated rings. The first kappa shape index (κ1) is 24.3. The lowest BCUT2D eigenvalue weighted by Crippen LogP contribution is -2.28. The number of hydrogen-bond donors (Lipinski definition) is 1. The van der Waals surface area contributed by atoms with Gasteiger partial charge in [0, 0.05) is 24.3 Å². The van der Waals surface area contributed by atoms with E-state index in [0.717, 1.165) is 27.8 Å². The van der Waals surface area contributed by atoms with E-state index < -0.39 is 5.97 Å². The molecule has 1 heterocycles. The smallest absolute Gasteiger partial charge is 0.317 e. The van der Waals surface area contributed by atoms with Crippen LogP contribution in [-0.2, 0) is 16.1 Å². The minimum Gasteiger partial charge on any atom is -0.480 e. The predicted molar refractivity (Wildman–Crippen MR) is 135 cm³/mol. The highest BCUT2D eigenvalue weighted by Crippen LogP contribution is 2.32. The zero-order chi connectivity index (χ0) is 24.9. The average molecular weight is 472 g/mol. The molecule has 7 heteroatoms. The second-order valence-corrected chi connectivity index (χ2v) is 8.65. The first-order valence-corrected chi connectivity index (χ1v) is 11.4. The van der Waals surface area contributed by atoms with Gasteiger partial charge in [-0.25, -0.2) is 0 Å². The number of aromatic nitrogens is 2. The highest BCUT2D eigenvalue weighted by atomic mass is 16.5. The number of aryl methyl sites for hydroxylation is 1. The van der Waals surface area contributed by atoms with Crippen molar-refractivity contribution in [2.75, 3.05) is 20.7 Å². The van der Waals surface area contributed by atoms with Crippen molar-refractivity contribution in [2.45, 2.75) is 26.5 Å². The number of aliphatic carboxylic acids is 1. The number of carbonyl (C=O) groups is 1. The Morgan fingerprint density at radius 2 is 1.77 bits per heavy atom. The number of ether oxygens (including phenoxy) is 1. The van der Waals surface area contributed by atoms with Gasteiger partial charge in [0.05, 0.1) is 13.2 Å². The van der Waals surface area contributed by atoms with Crippen molar-refractivity contribution in [3.63, 3.8) is 0 Å². The molecule has 180 valence electrons. The van der Waals surface area contributed by atoms with Gasteiger partial charge in [0.1, 0.15) is 0 Å². The maximum atomic E-state index is 11.0. The van der Waals surface area contributed by atoms with Crippen molar-refractivity contribution in [1.29, 1.82) is 0 Å². The maximum Gasteiger partial charge on any atom is 0.317 e. The van der Waals surface area contributed by atoms with Crippen molar-refractivity contribution in [2.24, 2.45) is 0 Å². The van der Waals surface area contributed by atoms with Crippen LogP contribution in [0.1, 0.15) is 29.7 Å². The summed E-state index contributed by atoms with van der Waals surface area (Å²) in [4.78, 5) is 17.4. The molecule has 4 rings (SSSR count). The Labute approximate surface area is 205 Å². The Balaban J connectivity index is 1.58. The highest BCUT2D eigenvalue weighted by Gasteiger charge is 2.17. The Bertz CT molecular complexity index is 1310.